The van der Waals surface area contributed by atoms with Crippen molar-refractivity contribution in [3.8, 4) is 34.3 Å². The van der Waals surface area contributed by atoms with Crippen LogP contribution in [0.25, 0.3) is 22.8 Å². The Bertz CT molecular complexity index is 1160. The van der Waals surface area contributed by atoms with Crippen molar-refractivity contribution in [1.29, 1.82) is 0 Å². The highest BCUT2D eigenvalue weighted by molar-refractivity contribution is 5.60. The van der Waals surface area contributed by atoms with Crippen LogP contribution in [0.5, 0.6) is 11.5 Å². The Labute approximate surface area is 165 Å². The van der Waals surface area contributed by atoms with Gasteiger partial charge in [-0.3, -0.25) is 0 Å². The molecule has 2 aromatic carbocycles. The number of ether oxygens (including phenoxy) is 2. The molecule has 29 heavy (non-hydrogen) atoms. The van der Waals surface area contributed by atoms with E-state index in [9.17, 15) is 4.39 Å². The second-order valence-corrected chi connectivity index (χ2v) is 6.22. The van der Waals surface area contributed by atoms with Crippen LogP contribution >= 0.6 is 0 Å². The smallest absolute Gasteiger partial charge is 0.247 e. The topological polar surface area (TPSA) is 96.3 Å². The van der Waals surface area contributed by atoms with E-state index in [0.29, 0.717) is 39.9 Å². The molecule has 4 aromatic rings. The Kier molecular flexibility index (Phi) is 4.94. The summed E-state index contributed by atoms with van der Waals surface area (Å²) in [5.41, 5.74) is 1.75. The van der Waals surface area contributed by atoms with Crippen molar-refractivity contribution in [2.24, 2.45) is 0 Å². The van der Waals surface area contributed by atoms with Crippen molar-refractivity contribution in [2.45, 2.75) is 13.3 Å². The van der Waals surface area contributed by atoms with Gasteiger partial charge in [0.1, 0.15) is 12.2 Å². The third-order valence-electron chi connectivity index (χ3n) is 4.30. The number of nitrogens with zero attached hydrogens (tertiary/aromatic N) is 4. The van der Waals surface area contributed by atoms with Crippen LogP contribution in [0.3, 0.4) is 0 Å². The molecule has 0 aliphatic rings. The van der Waals surface area contributed by atoms with Crippen LogP contribution in [-0.2, 0) is 6.42 Å². The summed E-state index contributed by atoms with van der Waals surface area (Å²) in [5, 5.41) is 11.9. The van der Waals surface area contributed by atoms with Gasteiger partial charge in [0.25, 0.3) is 0 Å². The van der Waals surface area contributed by atoms with E-state index in [1.807, 2.05) is 0 Å². The van der Waals surface area contributed by atoms with E-state index in [4.69, 9.17) is 18.4 Å². The van der Waals surface area contributed by atoms with Gasteiger partial charge in [0.05, 0.1) is 14.2 Å². The first kappa shape index (κ1) is 18.6. The minimum Gasteiger partial charge on any atom is -0.493 e. The number of hydrogen-bond acceptors (Lipinski definition) is 8. The number of methoxy groups -OCH3 is 2. The Balaban J connectivity index is 1.53. The van der Waals surface area contributed by atoms with Crippen LogP contribution in [-0.4, -0.2) is 34.6 Å². The zero-order valence-electron chi connectivity index (χ0n) is 16.0. The Morgan fingerprint density at radius 1 is 0.931 bits per heavy atom. The molecule has 0 aliphatic carbocycles. The van der Waals surface area contributed by atoms with Gasteiger partial charge in [-0.2, -0.15) is 4.98 Å². The van der Waals surface area contributed by atoms with E-state index < -0.39 is 0 Å². The molecule has 0 saturated heterocycles. The summed E-state index contributed by atoms with van der Waals surface area (Å²) in [6, 6.07) is 10.0. The molecule has 0 aliphatic heterocycles. The molecule has 0 atom stereocenters. The molecule has 4 rings (SSSR count). The summed E-state index contributed by atoms with van der Waals surface area (Å²) in [6.07, 6.45) is 0.154. The first-order chi connectivity index (χ1) is 14.1. The largest absolute Gasteiger partial charge is 0.493 e. The molecule has 9 heteroatoms. The molecule has 8 nitrogen and oxygen atoms in total. The maximum absolute atomic E-state index is 13.7. The number of aromatic nitrogens is 4. The first-order valence-electron chi connectivity index (χ1n) is 8.71. The molecule has 0 radical (unpaired) electrons. The average Bonchev–Trinajstić information content (AvgIpc) is 3.39. The highest BCUT2D eigenvalue weighted by Crippen LogP contribution is 2.31. The number of aryl methyl sites for hydroxylation is 1. The van der Waals surface area contributed by atoms with Gasteiger partial charge in [-0.05, 0) is 42.8 Å². The molecule has 0 spiro atoms. The molecule has 0 unspecified atom stereocenters. The first-order valence-corrected chi connectivity index (χ1v) is 8.71. The van der Waals surface area contributed by atoms with Crippen LogP contribution in [0.2, 0.25) is 0 Å². The van der Waals surface area contributed by atoms with E-state index in [0.717, 1.165) is 0 Å². The highest BCUT2D eigenvalue weighted by Gasteiger charge is 2.16. The van der Waals surface area contributed by atoms with E-state index >= 15 is 0 Å². The summed E-state index contributed by atoms with van der Waals surface area (Å²) in [4.78, 5) is 4.35. The van der Waals surface area contributed by atoms with Gasteiger partial charge in [0, 0.05) is 11.1 Å². The van der Waals surface area contributed by atoms with Crippen molar-refractivity contribution in [2.75, 3.05) is 14.2 Å². The molecule has 0 saturated carbocycles. The lowest BCUT2D eigenvalue weighted by Gasteiger charge is -2.07. The van der Waals surface area contributed by atoms with Crippen LogP contribution < -0.4 is 9.47 Å². The monoisotopic (exact) mass is 396 g/mol. The lowest BCUT2D eigenvalue weighted by atomic mass is 10.1. The van der Waals surface area contributed by atoms with Gasteiger partial charge in [-0.1, -0.05) is 11.2 Å². The zero-order valence-corrected chi connectivity index (χ0v) is 16.0. The van der Waals surface area contributed by atoms with E-state index in [-0.39, 0.29) is 24.0 Å². The lowest BCUT2D eigenvalue weighted by molar-refractivity contribution is 0.355. The average molecular weight is 396 g/mol. The summed E-state index contributed by atoms with van der Waals surface area (Å²) < 4.78 is 35.1. The standard InChI is InChI=1S/C20H17FN4O4/c1-11-4-5-13(8-14(11)21)20-24-23-18(28-20)10-17-22-19(25-29-17)12-6-7-15(26-2)16(9-12)27-3/h4-9H,10H2,1-3H3. The SMILES string of the molecule is COc1ccc(-c2noc(Cc3nnc(-c4ccc(C)c(F)c4)o3)n2)cc1OC. The molecule has 148 valence electrons. The fraction of sp³-hybridized carbons (Fsp3) is 0.200. The van der Waals surface area contributed by atoms with Gasteiger partial charge in [0.15, 0.2) is 11.5 Å². The minimum atomic E-state index is -0.335. The van der Waals surface area contributed by atoms with Crippen LogP contribution in [0.1, 0.15) is 17.3 Å². The fourth-order valence-electron chi connectivity index (χ4n) is 2.72. The number of halogens is 1. The molecule has 2 heterocycles. The Morgan fingerprint density at radius 3 is 2.48 bits per heavy atom. The predicted molar refractivity (Wildman–Crippen MR) is 100 cm³/mol. The van der Waals surface area contributed by atoms with Crippen molar-refractivity contribution in [3.05, 3.63) is 59.6 Å². The van der Waals surface area contributed by atoms with E-state index in [2.05, 4.69) is 20.3 Å². The molecule has 2 aromatic heterocycles. The van der Waals surface area contributed by atoms with Crippen molar-refractivity contribution < 1.29 is 22.8 Å². The van der Waals surface area contributed by atoms with Crippen molar-refractivity contribution >= 4 is 0 Å². The zero-order chi connectivity index (χ0) is 20.4. The van der Waals surface area contributed by atoms with Crippen LogP contribution in [0, 0.1) is 12.7 Å². The second kappa shape index (κ2) is 7.70. The molecular formula is C20H17FN4O4. The molecule has 0 amide bonds. The van der Waals surface area contributed by atoms with Gasteiger partial charge < -0.3 is 18.4 Å². The Hall–Kier alpha value is -3.75. The minimum absolute atomic E-state index is 0.154. The maximum atomic E-state index is 13.7. The van der Waals surface area contributed by atoms with Crippen molar-refractivity contribution in [1.82, 2.24) is 20.3 Å². The Morgan fingerprint density at radius 2 is 1.72 bits per heavy atom. The molecular weight excluding hydrogens is 379 g/mol. The summed E-state index contributed by atoms with van der Waals surface area (Å²) in [7, 11) is 3.12. The van der Waals surface area contributed by atoms with Crippen LogP contribution in [0.15, 0.2) is 45.3 Å². The van der Waals surface area contributed by atoms with E-state index in [1.54, 1.807) is 51.5 Å². The van der Waals surface area contributed by atoms with Gasteiger partial charge >= 0.3 is 0 Å². The van der Waals surface area contributed by atoms with Crippen molar-refractivity contribution in [3.63, 3.8) is 0 Å². The van der Waals surface area contributed by atoms with Gasteiger partial charge in [-0.15, -0.1) is 10.2 Å². The predicted octanol–water partition coefficient (Wildman–Crippen LogP) is 3.84. The van der Waals surface area contributed by atoms with Gasteiger partial charge in [-0.25, -0.2) is 4.39 Å². The van der Waals surface area contributed by atoms with Crippen LogP contribution in [0.4, 0.5) is 4.39 Å². The molecule has 0 fully saturated rings. The summed E-state index contributed by atoms with van der Waals surface area (Å²) >= 11 is 0. The highest BCUT2D eigenvalue weighted by atomic mass is 19.1. The fourth-order valence-corrected chi connectivity index (χ4v) is 2.72. The molecule has 0 bridgehead atoms. The van der Waals surface area contributed by atoms with E-state index in [1.165, 1.54) is 6.07 Å². The summed E-state index contributed by atoms with van der Waals surface area (Å²) in [5.74, 6) is 2.02. The molecule has 0 N–H and O–H groups in total. The third-order valence-corrected chi connectivity index (χ3v) is 4.30. The van der Waals surface area contributed by atoms with Gasteiger partial charge in [0.2, 0.25) is 23.5 Å². The third kappa shape index (κ3) is 3.79. The lowest BCUT2D eigenvalue weighted by Crippen LogP contribution is -1.92. The quantitative estimate of drug-likeness (QED) is 0.485. The maximum Gasteiger partial charge on any atom is 0.247 e. The number of hydrogen-bond donors (Lipinski definition) is 0. The second-order valence-electron chi connectivity index (χ2n) is 6.22. The number of rotatable bonds is 6. The number of benzene rings is 2. The normalized spacial score (nSPS) is 10.9. The summed E-state index contributed by atoms with van der Waals surface area (Å²) in [6.45, 7) is 1.68.